The van der Waals surface area contributed by atoms with Crippen LogP contribution in [-0.4, -0.2) is 38.9 Å². The lowest BCUT2D eigenvalue weighted by molar-refractivity contribution is -0.661. The first-order chi connectivity index (χ1) is 8.90. The van der Waals surface area contributed by atoms with E-state index in [1.54, 1.807) is 0 Å². The predicted octanol–water partition coefficient (Wildman–Crippen LogP) is 1.78. The van der Waals surface area contributed by atoms with Gasteiger partial charge in [-0.25, -0.2) is 12.7 Å². The number of quaternary nitrogens is 1. The maximum Gasteiger partial charge on any atom is 0.160 e. The largest absolute Gasteiger partial charge is 0.562 e. The number of nitrogens with two attached hydrogens (primary N) is 1. The van der Waals surface area contributed by atoms with E-state index < -0.39 is 10.2 Å². The Kier molecular flexibility index (Phi) is 4.81. The summed E-state index contributed by atoms with van der Waals surface area (Å²) in [7, 11) is -3.74. The summed E-state index contributed by atoms with van der Waals surface area (Å²) in [6, 6.07) is 2.73. The van der Waals surface area contributed by atoms with Crippen LogP contribution in [0.15, 0.2) is 12.1 Å². The molecule has 1 saturated heterocycles. The van der Waals surface area contributed by atoms with Crippen LogP contribution in [0.25, 0.3) is 4.72 Å². The summed E-state index contributed by atoms with van der Waals surface area (Å²) in [5, 5.41) is 2.68. The molecule has 5 nitrogen and oxygen atoms in total. The molecule has 9 heteroatoms. The van der Waals surface area contributed by atoms with Gasteiger partial charge in [0.1, 0.15) is 0 Å². The van der Waals surface area contributed by atoms with Gasteiger partial charge in [-0.15, -0.1) is 5.69 Å². The van der Waals surface area contributed by atoms with E-state index >= 15 is 0 Å². The number of benzene rings is 1. The minimum Gasteiger partial charge on any atom is -0.562 e. The van der Waals surface area contributed by atoms with Crippen molar-refractivity contribution >= 4 is 50.7 Å². The average molecular weight is 345 g/mol. The number of piperazine rings is 1. The van der Waals surface area contributed by atoms with Gasteiger partial charge in [0.05, 0.1) is 36.2 Å². The van der Waals surface area contributed by atoms with E-state index in [9.17, 15) is 8.42 Å². The van der Waals surface area contributed by atoms with Crippen LogP contribution in [0, 0.1) is 0 Å². The lowest BCUT2D eigenvalue weighted by Gasteiger charge is -2.33. The molecule has 2 N–H and O–H groups in total. The van der Waals surface area contributed by atoms with Crippen molar-refractivity contribution in [2.45, 2.75) is 0 Å². The third-order valence-electron chi connectivity index (χ3n) is 2.69. The summed E-state index contributed by atoms with van der Waals surface area (Å²) in [6.45, 7) is 2.32. The first kappa shape index (κ1) is 15.2. The second kappa shape index (κ2) is 6.03. The van der Waals surface area contributed by atoms with Crippen LogP contribution in [0.3, 0.4) is 0 Å². The van der Waals surface area contributed by atoms with E-state index in [1.807, 2.05) is 0 Å². The van der Waals surface area contributed by atoms with Gasteiger partial charge < -0.3 is 10.0 Å². The molecular formula is C10H12Cl3N3O2S. The van der Waals surface area contributed by atoms with Crippen LogP contribution in [0.4, 0.5) is 5.69 Å². The van der Waals surface area contributed by atoms with Crippen molar-refractivity contribution in [2.24, 2.45) is 0 Å². The van der Waals surface area contributed by atoms with Gasteiger partial charge in [-0.1, -0.05) is 40.9 Å². The van der Waals surface area contributed by atoms with E-state index in [0.717, 1.165) is 13.1 Å². The molecule has 1 aromatic rings. The van der Waals surface area contributed by atoms with Crippen LogP contribution in [0.1, 0.15) is 0 Å². The molecule has 0 aromatic heterocycles. The summed E-state index contributed by atoms with van der Waals surface area (Å²) >= 11 is 17.5. The summed E-state index contributed by atoms with van der Waals surface area (Å²) in [4.78, 5) is 0. The fourth-order valence-corrected chi connectivity index (χ4v) is 3.54. The number of hydrogen-bond acceptors (Lipinski definition) is 2. The Morgan fingerprint density at radius 2 is 1.63 bits per heavy atom. The number of halogens is 3. The van der Waals surface area contributed by atoms with Crippen molar-refractivity contribution in [3.63, 3.8) is 0 Å². The van der Waals surface area contributed by atoms with Crippen molar-refractivity contribution < 1.29 is 13.7 Å². The molecule has 0 bridgehead atoms. The fourth-order valence-electron chi connectivity index (χ4n) is 1.72. The monoisotopic (exact) mass is 343 g/mol. The molecule has 1 fully saturated rings. The Morgan fingerprint density at radius 1 is 1.05 bits per heavy atom. The Hall–Kier alpha value is -0.240. The van der Waals surface area contributed by atoms with Gasteiger partial charge in [-0.3, -0.25) is 0 Å². The molecular weight excluding hydrogens is 333 g/mol. The second-order valence-corrected chi connectivity index (χ2v) is 6.87. The number of hydrogen-bond donors (Lipinski definition) is 1. The highest BCUT2D eigenvalue weighted by Crippen LogP contribution is 2.38. The first-order valence-corrected chi connectivity index (χ1v) is 8.12. The lowest BCUT2D eigenvalue weighted by Crippen LogP contribution is -2.89. The van der Waals surface area contributed by atoms with Crippen molar-refractivity contribution in [1.29, 1.82) is 0 Å². The lowest BCUT2D eigenvalue weighted by atomic mass is 10.3. The number of rotatable bonds is 3. The standard InChI is InChI=1S/C10H11Cl3N3O2S/c11-7-5-9(13)10(6-8(7)12)15-19(17,18)16-3-1-14-2-4-16/h5-6,14H,1-4H2/q-1/p+1. The Balaban J connectivity index is 2.22. The van der Waals surface area contributed by atoms with Crippen LogP contribution < -0.4 is 5.32 Å². The SMILES string of the molecule is O=S(=O)([N-]c1cc(Cl)c(Cl)cc1Cl)N1CC[NH2+]CC1. The minimum absolute atomic E-state index is 0.102. The number of nitrogens with zero attached hydrogens (tertiary/aromatic N) is 2. The maximum absolute atomic E-state index is 12.1. The van der Waals surface area contributed by atoms with E-state index in [-0.39, 0.29) is 20.8 Å². The molecule has 0 atom stereocenters. The van der Waals surface area contributed by atoms with Gasteiger partial charge >= 0.3 is 0 Å². The van der Waals surface area contributed by atoms with Crippen molar-refractivity contribution in [3.05, 3.63) is 31.9 Å². The molecule has 1 heterocycles. The molecule has 0 amide bonds. The Morgan fingerprint density at radius 3 is 2.26 bits per heavy atom. The highest BCUT2D eigenvalue weighted by molar-refractivity contribution is 7.92. The molecule has 0 aliphatic carbocycles. The third kappa shape index (κ3) is 3.65. The molecule has 1 aliphatic rings. The average Bonchev–Trinajstić information content (AvgIpc) is 2.37. The Bertz CT molecular complexity index is 574. The normalized spacial score (nSPS) is 17.4. The minimum atomic E-state index is -3.74. The smallest absolute Gasteiger partial charge is 0.160 e. The van der Waals surface area contributed by atoms with Crippen molar-refractivity contribution in [2.75, 3.05) is 26.2 Å². The van der Waals surface area contributed by atoms with Gasteiger partial charge in [0, 0.05) is 5.02 Å². The van der Waals surface area contributed by atoms with E-state index in [4.69, 9.17) is 34.8 Å². The van der Waals surface area contributed by atoms with Crippen molar-refractivity contribution in [3.8, 4) is 0 Å². The predicted molar refractivity (Wildman–Crippen MR) is 76.6 cm³/mol. The second-order valence-electron chi connectivity index (χ2n) is 4.05. The molecule has 1 aromatic carbocycles. The van der Waals surface area contributed by atoms with Gasteiger partial charge in [-0.2, -0.15) is 0 Å². The van der Waals surface area contributed by atoms with Gasteiger partial charge in [-0.05, 0) is 6.07 Å². The van der Waals surface area contributed by atoms with E-state index in [0.29, 0.717) is 13.1 Å². The van der Waals surface area contributed by atoms with E-state index in [1.165, 1.54) is 16.4 Å². The summed E-state index contributed by atoms with van der Waals surface area (Å²) in [5.41, 5.74) is 0.102. The summed E-state index contributed by atoms with van der Waals surface area (Å²) in [6.07, 6.45) is 0. The topological polar surface area (TPSA) is 68.1 Å². The van der Waals surface area contributed by atoms with Crippen LogP contribution in [0.5, 0.6) is 0 Å². The van der Waals surface area contributed by atoms with Crippen LogP contribution >= 0.6 is 34.8 Å². The zero-order chi connectivity index (χ0) is 14.0. The highest BCUT2D eigenvalue weighted by atomic mass is 35.5. The van der Waals surface area contributed by atoms with Crippen molar-refractivity contribution in [1.82, 2.24) is 4.31 Å². The molecule has 0 unspecified atom stereocenters. The van der Waals surface area contributed by atoms with E-state index in [2.05, 4.69) is 10.0 Å². The van der Waals surface area contributed by atoms with Crippen LogP contribution in [0.2, 0.25) is 15.1 Å². The molecule has 0 radical (unpaired) electrons. The van der Waals surface area contributed by atoms with Crippen LogP contribution in [-0.2, 0) is 10.2 Å². The third-order valence-corrected chi connectivity index (χ3v) is 5.17. The zero-order valence-electron chi connectivity index (χ0n) is 9.81. The maximum atomic E-state index is 12.1. The zero-order valence-corrected chi connectivity index (χ0v) is 12.9. The first-order valence-electron chi connectivity index (χ1n) is 5.59. The Labute approximate surface area is 127 Å². The molecule has 0 saturated carbocycles. The van der Waals surface area contributed by atoms with Gasteiger partial charge in [0.25, 0.3) is 0 Å². The molecule has 106 valence electrons. The molecule has 19 heavy (non-hydrogen) atoms. The quantitative estimate of drug-likeness (QED) is 0.849. The molecule has 2 rings (SSSR count). The molecule has 1 aliphatic heterocycles. The van der Waals surface area contributed by atoms with Gasteiger partial charge in [0.15, 0.2) is 10.2 Å². The highest BCUT2D eigenvalue weighted by Gasteiger charge is 2.19. The summed E-state index contributed by atoms with van der Waals surface area (Å²) < 4.78 is 29.3. The summed E-state index contributed by atoms with van der Waals surface area (Å²) in [5.74, 6) is 0. The molecule has 0 spiro atoms. The van der Waals surface area contributed by atoms with Gasteiger partial charge in [0.2, 0.25) is 0 Å². The fraction of sp³-hybridized carbons (Fsp3) is 0.400.